The van der Waals surface area contributed by atoms with Crippen LogP contribution in [0.2, 0.25) is 27.4 Å². The number of nitrogens with two attached hydrogens (primary N) is 4. The number of carbonyl (C=O) groups excluding carboxylic acids is 2. The number of ketones is 1. The first kappa shape index (κ1) is 78.9. The lowest BCUT2D eigenvalue weighted by Crippen LogP contribution is -2.50. The normalized spacial score (nSPS) is 23.0. The predicted molar refractivity (Wildman–Crippen MR) is 372 cm³/mol. The first-order valence-electron chi connectivity index (χ1n) is 30.3. The number of aryl methyl sites for hydroxylation is 2. The van der Waals surface area contributed by atoms with Gasteiger partial charge in [0.2, 0.25) is 17.8 Å². The number of nitriles is 1. The van der Waals surface area contributed by atoms with Gasteiger partial charge in [0.15, 0.2) is 40.0 Å². The second-order valence-electron chi connectivity index (χ2n) is 25.9. The maximum absolute atomic E-state index is 14.6. The van der Waals surface area contributed by atoms with Crippen LogP contribution in [-0.2, 0) is 52.5 Å². The molecule has 5 atom stereocenters. The second-order valence-corrected chi connectivity index (χ2v) is 39.0. The molecule has 33 heteroatoms. The van der Waals surface area contributed by atoms with Gasteiger partial charge in [-0.05, 0) is 179 Å². The summed E-state index contributed by atoms with van der Waals surface area (Å²) in [5.41, 5.74) is 21.2. The standard InChI is InChI=1S/C20H20ClFN4O3S.2C12H13BrFN3O2S.C8H18N2.C7H7ClN2O.3CH3.Al/c1-11-5-13(21)9-24-16(11)15(27)7-12-6-14(17(22)25-8-12)19(2)10-30(28,29)20(3-4-20)18(23)26-19;1-11(8-4-7(13)5-16-9(8)14)6-20(18,19)12(2-3-12)10(15)17-11;1-11(16,9-4-8(13)5-17-10(9)14)7-20(18,19)12(6-15)2-3-12;1-9-7-5-3-4-6-8(7)10-2;1-4-2-5(8)3-10-6(4)7(9)11;;;;/h5-6,8-9H,3-4,7,10H2,1-2H3,(H2,23,26);4-5H,2-3,6H2,1H3,(H2,15,17);4-5H,2-3,7,16H2,1H3;7-10H,3-6H2,1-2H3;2-3H,1H3,(H2,9,11);3*1H3;/t19-;2*11-;7-,8-;;;;;/m0001...../s1. The molecule has 0 aromatic carbocycles. The Morgan fingerprint density at radius 2 is 1.12 bits per heavy atom. The van der Waals surface area contributed by atoms with Crippen LogP contribution in [0.3, 0.4) is 0 Å². The van der Waals surface area contributed by atoms with Crippen LogP contribution in [0, 0.1) is 43.0 Å². The number of amides is 1. The number of nitrogens with one attached hydrogen (secondary N) is 2. The zero-order chi connectivity index (χ0) is 71.2. The molecule has 7 heterocycles. The van der Waals surface area contributed by atoms with E-state index in [0.29, 0.717) is 86.3 Å². The number of aliphatic imine (C=N–C) groups is 2. The largest absolute Gasteiger partial charge is 0.386 e. The number of halogens is 7. The highest BCUT2D eigenvalue weighted by Gasteiger charge is 2.64. The van der Waals surface area contributed by atoms with Crippen molar-refractivity contribution in [3.63, 3.8) is 0 Å². The van der Waals surface area contributed by atoms with Crippen LogP contribution < -0.4 is 33.6 Å². The van der Waals surface area contributed by atoms with Gasteiger partial charge in [-0.3, -0.25) is 24.6 Å². The van der Waals surface area contributed by atoms with Crippen LogP contribution in [0.4, 0.5) is 13.2 Å². The molecule has 5 aromatic heterocycles. The number of pyridine rings is 5. The summed E-state index contributed by atoms with van der Waals surface area (Å²) < 4.78 is 115. The van der Waals surface area contributed by atoms with E-state index >= 15 is 0 Å². The fourth-order valence-electron chi connectivity index (χ4n) is 11.3. The molecule has 10 N–H and O–H groups in total. The molecular weight excluding hydrogens is 1480 g/mol. The lowest BCUT2D eigenvalue weighted by Gasteiger charge is -2.34. The first-order chi connectivity index (χ1) is 44.0. The number of hydrogen-bond donors (Lipinski definition) is 6. The van der Waals surface area contributed by atoms with E-state index in [9.17, 15) is 48.0 Å². The van der Waals surface area contributed by atoms with Gasteiger partial charge in [0.1, 0.15) is 43.6 Å². The Labute approximate surface area is 585 Å². The van der Waals surface area contributed by atoms with Crippen LogP contribution in [0.25, 0.3) is 0 Å². The minimum absolute atomic E-state index is 0.00388. The summed E-state index contributed by atoms with van der Waals surface area (Å²) >= 11 is 17.7. The number of sulfone groups is 3. The molecule has 95 heavy (non-hydrogen) atoms. The molecule has 0 saturated heterocycles. The van der Waals surface area contributed by atoms with Gasteiger partial charge >= 0.3 is 0 Å². The lowest BCUT2D eigenvalue weighted by molar-refractivity contribution is 0.0982. The van der Waals surface area contributed by atoms with E-state index in [0.717, 1.165) is 0 Å². The summed E-state index contributed by atoms with van der Waals surface area (Å²) in [5, 5.41) is 16.6. The topological polar surface area (TPSA) is 378 Å². The average Bonchev–Trinajstić information content (AvgIpc) is 1.58. The zero-order valence-corrected chi connectivity index (χ0v) is 62.7. The summed E-state index contributed by atoms with van der Waals surface area (Å²) in [6, 6.07) is 10.9. The van der Waals surface area contributed by atoms with Gasteiger partial charge in [-0.2, -0.15) is 18.4 Å². The Morgan fingerprint density at radius 3 is 1.51 bits per heavy atom. The monoisotopic (exact) mass is 1560 g/mol. The van der Waals surface area contributed by atoms with Crippen LogP contribution in [0.1, 0.15) is 139 Å². The van der Waals surface area contributed by atoms with Crippen molar-refractivity contribution in [2.75, 3.05) is 31.4 Å². The predicted octanol–water partition coefficient (Wildman–Crippen LogP) is 8.93. The highest BCUT2D eigenvalue weighted by Crippen LogP contribution is 2.52. The number of hydrogen-bond acceptors (Lipinski definition) is 21. The Bertz CT molecular complexity index is 4170. The molecule has 6 aliphatic rings. The zero-order valence-electron chi connectivity index (χ0n) is 54.4. The van der Waals surface area contributed by atoms with E-state index in [2.05, 4.69) is 109 Å². The van der Waals surface area contributed by atoms with Crippen molar-refractivity contribution in [1.29, 1.82) is 5.26 Å². The van der Waals surface area contributed by atoms with Crippen LogP contribution in [0.5, 0.6) is 0 Å². The number of Topliss-reactive ketones (excluding diaryl/α,β-unsaturated/α-hetero) is 1. The van der Waals surface area contributed by atoms with Crippen LogP contribution in [0.15, 0.2) is 80.2 Å². The van der Waals surface area contributed by atoms with E-state index in [-0.39, 0.29) is 77.6 Å². The van der Waals surface area contributed by atoms with E-state index < -0.39 is 89.9 Å². The van der Waals surface area contributed by atoms with Crippen molar-refractivity contribution < 1.29 is 48.0 Å². The van der Waals surface area contributed by atoms with Crippen LogP contribution >= 0.6 is 55.1 Å². The quantitative estimate of drug-likeness (QED) is 0.0385. The fourth-order valence-corrected chi connectivity index (χ4v) is 19.1. The van der Waals surface area contributed by atoms with Crippen molar-refractivity contribution in [3.05, 3.63) is 143 Å². The maximum Gasteiger partial charge on any atom is 0.267 e. The summed E-state index contributed by atoms with van der Waals surface area (Å²) in [5.74, 6) is 2.71. The molecule has 0 bridgehead atoms. The van der Waals surface area contributed by atoms with Crippen molar-refractivity contribution in [2.24, 2.45) is 32.9 Å². The van der Waals surface area contributed by atoms with Gasteiger partial charge < -0.3 is 33.6 Å². The SMILES string of the molecule is CN[C@@H]1CCCC[C@H]1NC.C[C@@]1(c2cc(Br)cnc2F)CS(=O)(=O)C2(CC2)C(N)=N1.C[C@](N)(CS(=O)(=O)C1(C#N)CC1)c1cc(Br)cnc1F.Cc1cc(Cl)cnc1C(=O)Cc1cnc(F)c([C@]2(C)CS(=O)(=O)C3(CC3)C(N)=N2)c1.Cc1cc(Cl)cnc1C(N)=O.[CH3][Al]([CH3])[CH3]. The second kappa shape index (κ2) is 31.0. The third-order valence-corrected chi connectivity index (χ3v) is 26.4. The molecule has 2 spiro atoms. The molecule has 0 unspecified atom stereocenters. The molecule has 4 saturated carbocycles. The molecule has 2 aliphatic heterocycles. The summed E-state index contributed by atoms with van der Waals surface area (Å²) in [7, 11) is -6.67. The molecular formula is C62H80AlBr2Cl2F3N14O8S3. The number of primary amides is 1. The van der Waals surface area contributed by atoms with Gasteiger partial charge in [0.05, 0.1) is 38.9 Å². The number of likely N-dealkylation sites (N-methyl/N-ethyl adjacent to an activating group) is 2. The van der Waals surface area contributed by atoms with Gasteiger partial charge in [0.25, 0.3) is 20.1 Å². The summed E-state index contributed by atoms with van der Waals surface area (Å²) in [6.45, 7) is 7.96. The highest BCUT2D eigenvalue weighted by atomic mass is 79.9. The van der Waals surface area contributed by atoms with E-state index in [1.165, 1.54) is 88.7 Å². The summed E-state index contributed by atoms with van der Waals surface area (Å²) in [6.07, 6.45) is 14.5. The van der Waals surface area contributed by atoms with Crippen molar-refractivity contribution in [3.8, 4) is 6.07 Å². The van der Waals surface area contributed by atoms with E-state index in [4.69, 9.17) is 51.4 Å². The number of nitrogens with zero attached hydrogens (tertiary/aromatic N) is 8. The van der Waals surface area contributed by atoms with E-state index in [1.54, 1.807) is 32.9 Å². The molecule has 22 nitrogen and oxygen atoms in total. The van der Waals surface area contributed by atoms with Crippen molar-refractivity contribution in [2.45, 2.75) is 166 Å². The molecule has 5 aromatic rings. The molecule has 11 rings (SSSR count). The molecule has 1 amide bonds. The number of rotatable bonds is 12. The molecule has 0 radical (unpaired) electrons. The summed E-state index contributed by atoms with van der Waals surface area (Å²) in [4.78, 5) is 50.7. The van der Waals surface area contributed by atoms with Gasteiger partial charge in [0, 0.05) is 75.1 Å². The smallest absolute Gasteiger partial charge is 0.267 e. The third kappa shape index (κ3) is 18.6. The third-order valence-electron chi connectivity index (χ3n) is 16.9. The molecule has 4 aliphatic carbocycles. The van der Waals surface area contributed by atoms with Crippen LogP contribution in [-0.4, -0.2) is 145 Å². The van der Waals surface area contributed by atoms with Gasteiger partial charge in [-0.25, -0.2) is 45.2 Å². The maximum atomic E-state index is 14.6. The molecule has 4 fully saturated rings. The fraction of sp³-hybridized carbons (Fsp3) is 0.516. The Hall–Kier alpha value is -5.09. The minimum Gasteiger partial charge on any atom is -0.386 e. The van der Waals surface area contributed by atoms with Gasteiger partial charge in [-0.15, -0.1) is 17.4 Å². The van der Waals surface area contributed by atoms with Crippen molar-refractivity contribution in [1.82, 2.24) is 35.6 Å². The molecule has 516 valence electrons. The first-order valence-corrected chi connectivity index (χ1v) is 41.1. The Morgan fingerprint density at radius 1 is 0.705 bits per heavy atom. The number of aromatic nitrogens is 5. The minimum atomic E-state index is -3.73. The lowest BCUT2D eigenvalue weighted by atomic mass is 9.91. The number of carbonyl (C=O) groups is 2. The van der Waals surface area contributed by atoms with Gasteiger partial charge in [-0.1, -0.05) is 36.0 Å². The van der Waals surface area contributed by atoms with Crippen molar-refractivity contribution >= 4 is 122 Å². The highest BCUT2D eigenvalue weighted by molar-refractivity contribution is 9.10. The number of amidine groups is 2. The Kier molecular flexibility index (Phi) is 25.7. The Balaban J connectivity index is 0.000000195. The van der Waals surface area contributed by atoms with E-state index in [1.807, 2.05) is 6.07 Å². The average molecular weight is 1560 g/mol.